The van der Waals surface area contributed by atoms with E-state index in [9.17, 15) is 13.2 Å². The van der Waals surface area contributed by atoms with E-state index >= 15 is 0 Å². The third-order valence-electron chi connectivity index (χ3n) is 4.48. The van der Waals surface area contributed by atoms with E-state index in [1.165, 1.54) is 23.9 Å². The number of hydrogen-bond acceptors (Lipinski definition) is 3. The number of imidazole rings is 1. The summed E-state index contributed by atoms with van der Waals surface area (Å²) in [4.78, 5) is 4.56. The van der Waals surface area contributed by atoms with Crippen molar-refractivity contribution < 1.29 is 17.9 Å². The molecule has 0 fully saturated rings. The quantitative estimate of drug-likeness (QED) is 0.254. The summed E-state index contributed by atoms with van der Waals surface area (Å²) in [7, 11) is 0. The summed E-state index contributed by atoms with van der Waals surface area (Å²) in [5.41, 5.74) is 3.25. The van der Waals surface area contributed by atoms with Crippen LogP contribution < -0.4 is 4.74 Å². The molecule has 0 spiro atoms. The van der Waals surface area contributed by atoms with Crippen LogP contribution in [0.3, 0.4) is 0 Å². The molecule has 0 saturated heterocycles. The Labute approximate surface area is 196 Å². The zero-order chi connectivity index (χ0) is 22.7. The Hall–Kier alpha value is -2.61. The highest BCUT2D eigenvalue weighted by molar-refractivity contribution is 7.98. The van der Waals surface area contributed by atoms with Crippen LogP contribution in [0.4, 0.5) is 13.2 Å². The second-order valence-corrected chi connectivity index (χ2v) is 8.46. The largest absolute Gasteiger partial charge is 0.573 e. The summed E-state index contributed by atoms with van der Waals surface area (Å²) in [6.45, 7) is 0. The first-order chi connectivity index (χ1) is 15.3. The minimum Gasteiger partial charge on any atom is -0.406 e. The molecule has 3 nitrogen and oxygen atoms in total. The lowest BCUT2D eigenvalue weighted by Crippen LogP contribution is -2.17. The Morgan fingerprint density at radius 2 is 1.62 bits per heavy atom. The number of aromatic nitrogens is 2. The average molecular weight is 495 g/mol. The van der Waals surface area contributed by atoms with E-state index < -0.39 is 6.36 Å². The lowest BCUT2D eigenvalue weighted by atomic mass is 10.1. The first-order valence-corrected chi connectivity index (χ1v) is 11.1. The number of hydrogen-bond donors (Lipinski definition) is 0. The molecule has 0 saturated carbocycles. The van der Waals surface area contributed by atoms with Crippen molar-refractivity contribution in [2.75, 3.05) is 0 Å². The molecule has 0 bridgehead atoms. The molecule has 3 aromatic carbocycles. The Morgan fingerprint density at radius 3 is 2.28 bits per heavy atom. The fourth-order valence-electron chi connectivity index (χ4n) is 3.06. The van der Waals surface area contributed by atoms with Gasteiger partial charge < -0.3 is 4.74 Å². The molecule has 32 heavy (non-hydrogen) atoms. The highest BCUT2D eigenvalue weighted by Crippen LogP contribution is 2.35. The molecule has 1 aromatic heterocycles. The first kappa shape index (κ1) is 22.6. The van der Waals surface area contributed by atoms with Crippen molar-refractivity contribution in [2.24, 2.45) is 0 Å². The maximum atomic E-state index is 12.5. The van der Waals surface area contributed by atoms with Crippen LogP contribution in [0.2, 0.25) is 10.0 Å². The number of halogens is 5. The smallest absolute Gasteiger partial charge is 0.406 e. The van der Waals surface area contributed by atoms with Gasteiger partial charge in [0.1, 0.15) is 5.75 Å². The molecule has 0 N–H and O–H groups in total. The van der Waals surface area contributed by atoms with Gasteiger partial charge in [-0.1, -0.05) is 71.4 Å². The molecule has 0 aliphatic rings. The highest BCUT2D eigenvalue weighted by Gasteiger charge is 2.31. The van der Waals surface area contributed by atoms with Crippen LogP contribution >= 0.6 is 35.0 Å². The van der Waals surface area contributed by atoms with Crippen LogP contribution in [0, 0.1) is 0 Å². The van der Waals surface area contributed by atoms with Crippen LogP contribution in [0.15, 0.2) is 84.1 Å². The van der Waals surface area contributed by atoms with Crippen molar-refractivity contribution in [2.45, 2.75) is 17.3 Å². The summed E-state index contributed by atoms with van der Waals surface area (Å²) in [5.74, 6) is 0.379. The first-order valence-electron chi connectivity index (χ1n) is 9.36. The Bertz CT molecular complexity index is 1210. The van der Waals surface area contributed by atoms with E-state index in [1.807, 2.05) is 41.0 Å². The Balaban J connectivity index is 1.73. The average Bonchev–Trinajstić information content (AvgIpc) is 3.18. The van der Waals surface area contributed by atoms with Crippen LogP contribution in [-0.4, -0.2) is 15.9 Å². The van der Waals surface area contributed by atoms with Crippen LogP contribution in [0.1, 0.15) is 5.56 Å². The maximum Gasteiger partial charge on any atom is 0.573 e. The van der Waals surface area contributed by atoms with Gasteiger partial charge in [-0.25, -0.2) is 4.98 Å². The summed E-state index contributed by atoms with van der Waals surface area (Å²) in [5, 5.41) is 1.50. The molecule has 4 rings (SSSR count). The van der Waals surface area contributed by atoms with Gasteiger partial charge in [-0.2, -0.15) is 0 Å². The standard InChI is InChI=1S/C23H15Cl2F3N2OS/c24-19-11-6-16(12-20(19)25)21-13-29-22(32-14-15-4-2-1-3-5-15)30(21)17-7-9-18(10-8-17)31-23(26,27)28/h1-13H,14H2. The summed E-state index contributed by atoms with van der Waals surface area (Å²) < 4.78 is 43.5. The van der Waals surface area contributed by atoms with Gasteiger partial charge in [-0.15, -0.1) is 13.2 Å². The van der Waals surface area contributed by atoms with Crippen LogP contribution in [0.5, 0.6) is 5.75 Å². The fourth-order valence-corrected chi connectivity index (χ4v) is 4.31. The molecule has 0 aliphatic heterocycles. The van der Waals surface area contributed by atoms with E-state index in [1.54, 1.807) is 30.5 Å². The SMILES string of the molecule is FC(F)(F)Oc1ccc(-n2c(-c3ccc(Cl)c(Cl)c3)cnc2SCc2ccccc2)cc1. The van der Waals surface area contributed by atoms with E-state index in [0.29, 0.717) is 26.6 Å². The van der Waals surface area contributed by atoms with Gasteiger partial charge in [-0.05, 0) is 42.0 Å². The lowest BCUT2D eigenvalue weighted by molar-refractivity contribution is -0.274. The van der Waals surface area contributed by atoms with Gasteiger partial charge in [0.15, 0.2) is 5.16 Å². The number of alkyl halides is 3. The summed E-state index contributed by atoms with van der Waals surface area (Å²) in [6, 6.07) is 20.8. The molecule has 4 aromatic rings. The fraction of sp³-hybridized carbons (Fsp3) is 0.0870. The lowest BCUT2D eigenvalue weighted by Gasteiger charge is -2.14. The van der Waals surface area contributed by atoms with Crippen molar-refractivity contribution in [3.63, 3.8) is 0 Å². The van der Waals surface area contributed by atoms with Gasteiger partial charge in [0, 0.05) is 17.0 Å². The predicted molar refractivity (Wildman–Crippen MR) is 122 cm³/mol. The minimum atomic E-state index is -4.75. The van der Waals surface area contributed by atoms with E-state index in [-0.39, 0.29) is 5.75 Å². The normalized spacial score (nSPS) is 11.5. The number of ether oxygens (including phenoxy) is 1. The van der Waals surface area contributed by atoms with E-state index in [2.05, 4.69) is 9.72 Å². The Morgan fingerprint density at radius 1 is 0.906 bits per heavy atom. The second-order valence-electron chi connectivity index (χ2n) is 6.71. The third kappa shape index (κ3) is 5.41. The number of nitrogens with zero attached hydrogens (tertiary/aromatic N) is 2. The summed E-state index contributed by atoms with van der Waals surface area (Å²) in [6.07, 6.45) is -3.05. The molecule has 0 unspecified atom stereocenters. The molecular weight excluding hydrogens is 480 g/mol. The van der Waals surface area contributed by atoms with E-state index in [0.717, 1.165) is 16.8 Å². The zero-order valence-corrected chi connectivity index (χ0v) is 18.6. The zero-order valence-electron chi connectivity index (χ0n) is 16.3. The van der Waals surface area contributed by atoms with Gasteiger partial charge in [0.05, 0.1) is 21.9 Å². The summed E-state index contributed by atoms with van der Waals surface area (Å²) >= 11 is 13.8. The van der Waals surface area contributed by atoms with Crippen molar-refractivity contribution in [1.29, 1.82) is 0 Å². The maximum absolute atomic E-state index is 12.5. The van der Waals surface area contributed by atoms with Gasteiger partial charge >= 0.3 is 6.36 Å². The topological polar surface area (TPSA) is 27.1 Å². The Kier molecular flexibility index (Phi) is 6.69. The second kappa shape index (κ2) is 9.48. The van der Waals surface area contributed by atoms with Gasteiger partial charge in [0.25, 0.3) is 0 Å². The molecular formula is C23H15Cl2F3N2OS. The van der Waals surface area contributed by atoms with Gasteiger partial charge in [-0.3, -0.25) is 4.57 Å². The van der Waals surface area contributed by atoms with E-state index in [4.69, 9.17) is 23.2 Å². The van der Waals surface area contributed by atoms with Gasteiger partial charge in [0.2, 0.25) is 0 Å². The van der Waals surface area contributed by atoms with Crippen LogP contribution in [-0.2, 0) is 5.75 Å². The number of thioether (sulfide) groups is 1. The number of rotatable bonds is 6. The van der Waals surface area contributed by atoms with Crippen molar-refractivity contribution in [3.8, 4) is 22.7 Å². The predicted octanol–water partition coefficient (Wildman–Crippen LogP) is 8.04. The molecule has 0 amide bonds. The highest BCUT2D eigenvalue weighted by atomic mass is 35.5. The van der Waals surface area contributed by atoms with Crippen molar-refractivity contribution in [1.82, 2.24) is 9.55 Å². The molecule has 9 heteroatoms. The number of benzene rings is 3. The molecule has 1 heterocycles. The molecule has 0 radical (unpaired) electrons. The molecule has 0 aliphatic carbocycles. The molecule has 164 valence electrons. The van der Waals surface area contributed by atoms with Crippen LogP contribution in [0.25, 0.3) is 16.9 Å². The monoisotopic (exact) mass is 494 g/mol. The van der Waals surface area contributed by atoms with Crippen molar-refractivity contribution in [3.05, 3.63) is 94.6 Å². The minimum absolute atomic E-state index is 0.295. The molecule has 0 atom stereocenters. The van der Waals surface area contributed by atoms with Crippen molar-refractivity contribution >= 4 is 35.0 Å². The third-order valence-corrected chi connectivity index (χ3v) is 6.25.